The number of carbonyl (C=O) groups excluding carboxylic acids is 12. The maximum absolute atomic E-state index is 15.7. The predicted molar refractivity (Wildman–Crippen MR) is 367 cm³/mol. The van der Waals surface area contributed by atoms with Crippen LogP contribution in [-0.4, -0.2) is 275 Å². The number of alkyl halides is 4. The van der Waals surface area contributed by atoms with Crippen molar-refractivity contribution in [2.45, 2.75) is 261 Å². The Morgan fingerprint density at radius 1 is 0.640 bits per heavy atom. The van der Waals surface area contributed by atoms with Gasteiger partial charge in [-0.05, 0) is 140 Å². The first kappa shape index (κ1) is 81.0. The van der Waals surface area contributed by atoms with Gasteiger partial charge in [-0.1, -0.05) is 66.7 Å². The van der Waals surface area contributed by atoms with Crippen molar-refractivity contribution in [2.75, 3.05) is 88.2 Å². The first-order valence-corrected chi connectivity index (χ1v) is 37.3. The van der Waals surface area contributed by atoms with Crippen LogP contribution in [0.25, 0.3) is 0 Å². The van der Waals surface area contributed by atoms with E-state index in [1.165, 1.54) is 78.6 Å². The van der Waals surface area contributed by atoms with Gasteiger partial charge in [0.2, 0.25) is 70.9 Å². The van der Waals surface area contributed by atoms with Crippen molar-refractivity contribution in [3.05, 3.63) is 0 Å². The van der Waals surface area contributed by atoms with Crippen molar-refractivity contribution in [3.63, 3.8) is 0 Å². The monoisotopic (exact) mass is 1430 g/mol. The Bertz CT molecular complexity index is 2930. The van der Waals surface area contributed by atoms with Crippen LogP contribution in [0.15, 0.2) is 0 Å². The minimum atomic E-state index is -4.51. The number of fused-ring (bicyclic) bond motifs is 2. The Morgan fingerprint density at radius 3 is 1.88 bits per heavy atom. The van der Waals surface area contributed by atoms with Gasteiger partial charge in [0.05, 0.1) is 25.5 Å². The van der Waals surface area contributed by atoms with Crippen molar-refractivity contribution in [1.82, 2.24) is 60.0 Å². The molecule has 13 atom stereocenters. The highest BCUT2D eigenvalue weighted by Gasteiger charge is 2.53. The van der Waals surface area contributed by atoms with E-state index in [9.17, 15) is 41.9 Å². The summed E-state index contributed by atoms with van der Waals surface area (Å²) < 4.78 is 47.9. The fraction of sp³-hybridized carbons (Fsp3) is 0.831. The summed E-state index contributed by atoms with van der Waals surface area (Å²) in [5, 5.41) is 7.59. The number of hydrogen-bond donors (Lipinski definition) is 3. The molecule has 0 aromatic heterocycles. The molecule has 4 saturated heterocycles. The first-order valence-electron chi connectivity index (χ1n) is 36.9. The lowest BCUT2D eigenvalue weighted by Crippen LogP contribution is -2.65. The highest BCUT2D eigenvalue weighted by atomic mass is 35.5. The van der Waals surface area contributed by atoms with Crippen LogP contribution in [0.1, 0.15) is 189 Å². The molecule has 0 radical (unpaired) electrons. The lowest BCUT2D eigenvalue weighted by molar-refractivity contribution is -0.182. The highest BCUT2D eigenvalue weighted by Crippen LogP contribution is 2.44. The molecule has 0 aromatic rings. The molecule has 4 aliphatic heterocycles. The van der Waals surface area contributed by atoms with E-state index in [0.29, 0.717) is 70.9 Å². The summed E-state index contributed by atoms with van der Waals surface area (Å²) in [6.45, 7) is 10.9. The van der Waals surface area contributed by atoms with Gasteiger partial charge >= 0.3 is 6.18 Å². The van der Waals surface area contributed by atoms with E-state index in [1.54, 1.807) is 11.8 Å². The van der Waals surface area contributed by atoms with Crippen LogP contribution in [0.3, 0.4) is 0 Å². The summed E-state index contributed by atoms with van der Waals surface area (Å²) in [7, 11) is 8.57. The van der Waals surface area contributed by atoms with E-state index in [1.807, 2.05) is 27.7 Å². The SMILES string of the molecule is CCCOC[C@H]1C(=O)N(C)CC(=O)N[C@@H](CCC2CCC(C(F)(F)F)C(Cl)C2)C(=O)N2CCC[C@H]2C(=O)NC2(CCCC2)C(=O)N(C)[C@@H](C2CCCC2)C(=O)N(C)[C@H](C(=O)N2CCCCC2)CC(=O)N(C)[C@@H](CC(C)C)C(=O)N[C@@H]([C@@H](C)CC)C(=O)N(C)[C@@H](C)C(=O)N2CC[C@H]2C(=O)N1C. The molecule has 3 unspecified atom stereocenters. The second kappa shape index (κ2) is 35.7. The molecule has 0 aromatic carbocycles. The molecule has 29 heteroatoms. The average Bonchev–Trinajstić information content (AvgIpc) is 1.38. The van der Waals surface area contributed by atoms with E-state index in [4.69, 9.17) is 16.3 Å². The Morgan fingerprint density at radius 2 is 1.29 bits per heavy atom. The Balaban J connectivity index is 1.28. The summed E-state index contributed by atoms with van der Waals surface area (Å²) >= 11 is 6.39. The number of likely N-dealkylation sites (N-methyl/N-ethyl adjacent to an activating group) is 6. The highest BCUT2D eigenvalue weighted by molar-refractivity contribution is 6.21. The lowest BCUT2D eigenvalue weighted by Gasteiger charge is -2.45. The van der Waals surface area contributed by atoms with Crippen LogP contribution in [0.4, 0.5) is 13.2 Å². The van der Waals surface area contributed by atoms with E-state index < -0.39 is 167 Å². The zero-order chi connectivity index (χ0) is 73.8. The molecule has 3 saturated carbocycles. The summed E-state index contributed by atoms with van der Waals surface area (Å²) in [4.78, 5) is 192. The standard InChI is InChI=1S/C71H114ClF3N12O13/c1-13-37-100-42-55-64(94)79(7)41-56(88)76-50(29-27-46-26-28-48(49(72)39-46)71(73,74)75)63(93)86-35-22-25-51(86)61(91)78-70(31-18-19-32-70)69(99)84(12)59(47-23-16-17-24-47)68(98)82(10)54(66(96)85-33-20-15-21-34-85)40-57(89)81(9)53(38-43(3)4)60(90)77-58(44(5)14-2)67(97)80(8)45(6)62(92)87-36-30-52(87)65(95)83(55)11/h43-55,58-59H,13-42H2,1-12H3,(H,76,88)(H,77,90)(H,78,91)/t44-,45-,46?,48?,49?,50-,51-,52-,53-,54-,55-,58-,59-/m0/s1. The molecular weight excluding hydrogens is 1320 g/mol. The van der Waals surface area contributed by atoms with Gasteiger partial charge in [-0.15, -0.1) is 11.6 Å². The summed E-state index contributed by atoms with van der Waals surface area (Å²) in [5.41, 5.74) is -1.55. The van der Waals surface area contributed by atoms with E-state index in [2.05, 4.69) is 16.0 Å². The maximum atomic E-state index is 15.7. The van der Waals surface area contributed by atoms with Gasteiger partial charge in [0, 0.05) is 80.4 Å². The Kier molecular flexibility index (Phi) is 28.9. The Hall–Kier alpha value is -6.32. The van der Waals surface area contributed by atoms with Crippen LogP contribution in [0.5, 0.6) is 0 Å². The van der Waals surface area contributed by atoms with Crippen molar-refractivity contribution >= 4 is 82.5 Å². The fourth-order valence-corrected chi connectivity index (χ4v) is 16.6. The van der Waals surface area contributed by atoms with E-state index >= 15 is 28.8 Å². The molecule has 7 rings (SSSR count). The topological polar surface area (TPSA) is 279 Å². The maximum Gasteiger partial charge on any atom is 0.393 e. The third-order valence-corrected chi connectivity index (χ3v) is 23.3. The summed E-state index contributed by atoms with van der Waals surface area (Å²) in [6.07, 6.45) is 3.00. The second-order valence-electron chi connectivity index (χ2n) is 30.2. The van der Waals surface area contributed by atoms with Crippen molar-refractivity contribution < 1.29 is 75.4 Å². The zero-order valence-corrected chi connectivity index (χ0v) is 62.0. The van der Waals surface area contributed by atoms with E-state index in [-0.39, 0.29) is 108 Å². The predicted octanol–water partition coefficient (Wildman–Crippen LogP) is 5.08. The molecule has 100 heavy (non-hydrogen) atoms. The van der Waals surface area contributed by atoms with Crippen LogP contribution in [0, 0.1) is 29.6 Å². The molecule has 3 N–H and O–H groups in total. The van der Waals surface area contributed by atoms with Gasteiger partial charge in [0.1, 0.15) is 59.9 Å². The Labute approximate surface area is 594 Å². The molecule has 12 amide bonds. The van der Waals surface area contributed by atoms with Crippen LogP contribution < -0.4 is 16.0 Å². The zero-order valence-electron chi connectivity index (χ0n) is 61.2. The normalized spacial score (nSPS) is 30.8. The number of amides is 12. The number of carbonyl (C=O) groups is 12. The molecule has 0 bridgehead atoms. The third-order valence-electron chi connectivity index (χ3n) is 22.8. The van der Waals surface area contributed by atoms with Crippen molar-refractivity contribution in [3.8, 4) is 0 Å². The van der Waals surface area contributed by atoms with Gasteiger partial charge in [0.25, 0.3) is 0 Å². The number of nitrogens with zero attached hydrogens (tertiary/aromatic N) is 9. The quantitative estimate of drug-likeness (QED) is 0.160. The smallest absolute Gasteiger partial charge is 0.379 e. The van der Waals surface area contributed by atoms with Gasteiger partial charge in [-0.25, -0.2) is 0 Å². The lowest BCUT2D eigenvalue weighted by atomic mass is 9.78. The molecular formula is C71H114ClF3N12O13. The largest absolute Gasteiger partial charge is 0.393 e. The first-order chi connectivity index (χ1) is 47.2. The van der Waals surface area contributed by atoms with E-state index in [0.717, 1.165) is 29.1 Å². The number of rotatable bonds is 13. The molecule has 1 spiro atoms. The van der Waals surface area contributed by atoms with Gasteiger partial charge in [-0.2, -0.15) is 13.2 Å². The average molecular weight is 1440 g/mol. The number of ether oxygens (including phenoxy) is 1. The van der Waals surface area contributed by atoms with Gasteiger partial charge in [-0.3, -0.25) is 57.5 Å². The minimum absolute atomic E-state index is 0.00982. The van der Waals surface area contributed by atoms with Crippen molar-refractivity contribution in [1.29, 1.82) is 0 Å². The number of piperidine rings is 1. The number of halogens is 4. The van der Waals surface area contributed by atoms with Gasteiger partial charge < -0.3 is 64.8 Å². The summed E-state index contributed by atoms with van der Waals surface area (Å²) in [6, 6.07) is -11.1. The molecule has 7 aliphatic rings. The van der Waals surface area contributed by atoms with Crippen molar-refractivity contribution in [2.24, 2.45) is 29.6 Å². The van der Waals surface area contributed by atoms with Gasteiger partial charge in [0.15, 0.2) is 0 Å². The number of nitrogens with one attached hydrogen (secondary N) is 3. The molecule has 7 fully saturated rings. The molecule has 25 nitrogen and oxygen atoms in total. The van der Waals surface area contributed by atoms with Crippen LogP contribution in [0.2, 0.25) is 0 Å². The molecule has 564 valence electrons. The fourth-order valence-electron chi connectivity index (χ4n) is 16.1. The number of hydrogen-bond acceptors (Lipinski definition) is 13. The molecule has 4 heterocycles. The minimum Gasteiger partial charge on any atom is -0.379 e. The third kappa shape index (κ3) is 19.1. The van der Waals surface area contributed by atoms with Crippen LogP contribution in [-0.2, 0) is 62.3 Å². The number of likely N-dealkylation sites (tertiary alicyclic amines) is 1. The second-order valence-corrected chi connectivity index (χ2v) is 30.7. The van der Waals surface area contributed by atoms with Crippen LogP contribution >= 0.6 is 11.6 Å². The molecule has 3 aliphatic carbocycles. The summed E-state index contributed by atoms with van der Waals surface area (Å²) in [5.74, 6) is -10.8.